The van der Waals surface area contributed by atoms with Crippen LogP contribution in [0.15, 0.2) is 23.2 Å². The largest absolute Gasteiger partial charge is 0.379 e. The minimum atomic E-state index is -0.226. The van der Waals surface area contributed by atoms with Gasteiger partial charge in [0, 0.05) is 33.7 Å². The number of likely N-dealkylation sites (N-methyl/N-ethyl adjacent to an activating group) is 1. The maximum atomic E-state index is 13.9. The maximum absolute atomic E-state index is 13.9. The van der Waals surface area contributed by atoms with Crippen molar-refractivity contribution in [3.05, 3.63) is 35.1 Å². The Labute approximate surface area is 196 Å². The summed E-state index contributed by atoms with van der Waals surface area (Å²) in [6, 6.07) is 5.06. The standard InChI is InChI=1S/C21H34FN5O2.HI/c1-16-6-7-18(14-19(16)22)17(2)25-21(24-15-20(28)26(3)4)23-8-5-9-27-10-12-29-13-11-27;/h6-7,14,17H,5,8-13,15H2,1-4H3,(H2,23,24,25);1H. The van der Waals surface area contributed by atoms with Gasteiger partial charge in [-0.05, 0) is 44.0 Å². The maximum Gasteiger partial charge on any atom is 0.243 e. The first-order valence-electron chi connectivity index (χ1n) is 10.2. The second kappa shape index (κ2) is 13.8. The first-order valence-corrected chi connectivity index (χ1v) is 10.2. The third-order valence-electron chi connectivity index (χ3n) is 4.97. The number of benzene rings is 1. The van der Waals surface area contributed by atoms with Crippen LogP contribution in [0.5, 0.6) is 0 Å². The van der Waals surface area contributed by atoms with Gasteiger partial charge in [-0.3, -0.25) is 9.69 Å². The number of morpholine rings is 1. The summed E-state index contributed by atoms with van der Waals surface area (Å²) in [5.74, 6) is 0.250. The van der Waals surface area contributed by atoms with E-state index < -0.39 is 0 Å². The molecule has 1 heterocycles. The summed E-state index contributed by atoms with van der Waals surface area (Å²) in [6.45, 7) is 8.97. The lowest BCUT2D eigenvalue weighted by atomic mass is 10.1. The highest BCUT2D eigenvalue weighted by Gasteiger charge is 2.12. The second-order valence-corrected chi connectivity index (χ2v) is 7.56. The molecule has 1 aliphatic rings. The Bertz CT molecular complexity index is 696. The van der Waals surface area contributed by atoms with Crippen LogP contribution in [-0.4, -0.2) is 81.7 Å². The van der Waals surface area contributed by atoms with Crippen molar-refractivity contribution in [2.24, 2.45) is 4.99 Å². The molecule has 0 bridgehead atoms. The number of carbonyl (C=O) groups excluding carboxylic acids is 1. The number of nitrogens with one attached hydrogen (secondary N) is 2. The number of halogens is 2. The molecule has 1 atom stereocenters. The van der Waals surface area contributed by atoms with E-state index in [1.54, 1.807) is 27.1 Å². The molecule has 170 valence electrons. The van der Waals surface area contributed by atoms with E-state index in [0.717, 1.165) is 51.4 Å². The normalized spacial score (nSPS) is 15.8. The zero-order chi connectivity index (χ0) is 21.2. The molecule has 7 nitrogen and oxygen atoms in total. The van der Waals surface area contributed by atoms with E-state index in [1.807, 2.05) is 13.0 Å². The van der Waals surface area contributed by atoms with Crippen LogP contribution in [0, 0.1) is 12.7 Å². The number of ether oxygens (including phenoxy) is 1. The summed E-state index contributed by atoms with van der Waals surface area (Å²) in [4.78, 5) is 20.2. The predicted molar refractivity (Wildman–Crippen MR) is 129 cm³/mol. The molecular weight excluding hydrogens is 500 g/mol. The molecule has 0 spiro atoms. The van der Waals surface area contributed by atoms with Gasteiger partial charge in [0.15, 0.2) is 5.96 Å². The lowest BCUT2D eigenvalue weighted by Crippen LogP contribution is -2.42. The Morgan fingerprint density at radius 3 is 2.67 bits per heavy atom. The Kier molecular flexibility index (Phi) is 12.2. The predicted octanol–water partition coefficient (Wildman–Crippen LogP) is 2.16. The molecule has 0 radical (unpaired) electrons. The number of hydrogen-bond donors (Lipinski definition) is 2. The Morgan fingerprint density at radius 2 is 2.03 bits per heavy atom. The highest BCUT2D eigenvalue weighted by molar-refractivity contribution is 14.0. The third-order valence-corrected chi connectivity index (χ3v) is 4.97. The second-order valence-electron chi connectivity index (χ2n) is 7.56. The molecule has 0 saturated carbocycles. The fourth-order valence-corrected chi connectivity index (χ4v) is 2.94. The Hall–Kier alpha value is -1.46. The topological polar surface area (TPSA) is 69.2 Å². The van der Waals surface area contributed by atoms with Crippen LogP contribution in [0.25, 0.3) is 0 Å². The van der Waals surface area contributed by atoms with E-state index in [2.05, 4.69) is 20.5 Å². The summed E-state index contributed by atoms with van der Waals surface area (Å²) in [7, 11) is 3.41. The molecule has 2 rings (SSSR count). The number of guanidine groups is 1. The fraction of sp³-hybridized carbons (Fsp3) is 0.619. The van der Waals surface area contributed by atoms with Crippen molar-refractivity contribution in [3.63, 3.8) is 0 Å². The zero-order valence-corrected chi connectivity index (χ0v) is 20.7. The van der Waals surface area contributed by atoms with Gasteiger partial charge < -0.3 is 20.3 Å². The van der Waals surface area contributed by atoms with Crippen molar-refractivity contribution in [1.29, 1.82) is 0 Å². The van der Waals surface area contributed by atoms with E-state index in [1.165, 1.54) is 11.0 Å². The van der Waals surface area contributed by atoms with Crippen molar-refractivity contribution in [3.8, 4) is 0 Å². The highest BCUT2D eigenvalue weighted by atomic mass is 127. The molecule has 1 saturated heterocycles. The molecule has 0 aromatic heterocycles. The van der Waals surface area contributed by atoms with Crippen molar-refractivity contribution in [2.75, 3.05) is 60.0 Å². The summed E-state index contributed by atoms with van der Waals surface area (Å²) in [5.41, 5.74) is 1.45. The van der Waals surface area contributed by atoms with Gasteiger partial charge >= 0.3 is 0 Å². The molecule has 1 unspecified atom stereocenters. The Morgan fingerprint density at radius 1 is 1.33 bits per heavy atom. The van der Waals surface area contributed by atoms with Gasteiger partial charge in [0.05, 0.1) is 19.3 Å². The highest BCUT2D eigenvalue weighted by Crippen LogP contribution is 2.16. The average molecular weight is 535 g/mol. The summed E-state index contributed by atoms with van der Waals surface area (Å²) >= 11 is 0. The molecule has 0 aliphatic carbocycles. The molecule has 1 aromatic rings. The number of hydrogen-bond acceptors (Lipinski definition) is 4. The van der Waals surface area contributed by atoms with Gasteiger partial charge in [-0.1, -0.05) is 12.1 Å². The monoisotopic (exact) mass is 535 g/mol. The average Bonchev–Trinajstić information content (AvgIpc) is 2.71. The quantitative estimate of drug-likeness (QED) is 0.231. The van der Waals surface area contributed by atoms with Gasteiger partial charge in [-0.15, -0.1) is 24.0 Å². The molecule has 1 fully saturated rings. The van der Waals surface area contributed by atoms with Crippen molar-refractivity contribution in [1.82, 2.24) is 20.4 Å². The van der Waals surface area contributed by atoms with E-state index >= 15 is 0 Å². The number of amides is 1. The minimum Gasteiger partial charge on any atom is -0.379 e. The molecular formula is C21H35FIN5O2. The van der Waals surface area contributed by atoms with Crippen LogP contribution in [0.4, 0.5) is 4.39 Å². The number of aryl methyl sites for hydroxylation is 1. The molecule has 1 amide bonds. The molecule has 9 heteroatoms. The Balaban J connectivity index is 0.00000450. The SMILES string of the molecule is Cc1ccc(C(C)NC(=NCC(=O)N(C)C)NCCCN2CCOCC2)cc1F.I. The fourth-order valence-electron chi connectivity index (χ4n) is 2.94. The lowest BCUT2D eigenvalue weighted by molar-refractivity contribution is -0.127. The van der Waals surface area contributed by atoms with Crippen molar-refractivity contribution in [2.45, 2.75) is 26.3 Å². The van der Waals surface area contributed by atoms with Crippen LogP contribution in [0.2, 0.25) is 0 Å². The molecule has 1 aliphatic heterocycles. The van der Waals surface area contributed by atoms with E-state index in [0.29, 0.717) is 11.5 Å². The number of aliphatic imine (C=N–C) groups is 1. The molecule has 30 heavy (non-hydrogen) atoms. The van der Waals surface area contributed by atoms with Gasteiger partial charge in [0.1, 0.15) is 12.4 Å². The minimum absolute atomic E-state index is 0. The van der Waals surface area contributed by atoms with Crippen LogP contribution in [0.3, 0.4) is 0 Å². The zero-order valence-electron chi connectivity index (χ0n) is 18.4. The van der Waals surface area contributed by atoms with Crippen LogP contribution < -0.4 is 10.6 Å². The molecule has 1 aromatic carbocycles. The van der Waals surface area contributed by atoms with Gasteiger partial charge in [0.25, 0.3) is 0 Å². The van der Waals surface area contributed by atoms with Crippen molar-refractivity contribution >= 4 is 35.8 Å². The first-order chi connectivity index (χ1) is 13.9. The van der Waals surface area contributed by atoms with Gasteiger partial charge in [-0.25, -0.2) is 9.38 Å². The summed E-state index contributed by atoms with van der Waals surface area (Å²) < 4.78 is 19.3. The molecule has 2 N–H and O–H groups in total. The van der Waals surface area contributed by atoms with Crippen LogP contribution in [0.1, 0.15) is 30.5 Å². The number of nitrogens with zero attached hydrogens (tertiary/aromatic N) is 3. The van der Waals surface area contributed by atoms with Crippen LogP contribution >= 0.6 is 24.0 Å². The van der Waals surface area contributed by atoms with Gasteiger partial charge in [0.2, 0.25) is 5.91 Å². The smallest absolute Gasteiger partial charge is 0.243 e. The van der Waals surface area contributed by atoms with Crippen molar-refractivity contribution < 1.29 is 13.9 Å². The summed E-state index contributed by atoms with van der Waals surface area (Å²) in [5, 5.41) is 6.58. The first kappa shape index (κ1) is 26.6. The van der Waals surface area contributed by atoms with Crippen LogP contribution in [-0.2, 0) is 9.53 Å². The van der Waals surface area contributed by atoms with Gasteiger partial charge in [-0.2, -0.15) is 0 Å². The van der Waals surface area contributed by atoms with E-state index in [-0.39, 0.29) is 48.3 Å². The van der Waals surface area contributed by atoms with E-state index in [4.69, 9.17) is 4.74 Å². The number of carbonyl (C=O) groups is 1. The third kappa shape index (κ3) is 9.13. The number of rotatable bonds is 8. The lowest BCUT2D eigenvalue weighted by Gasteiger charge is -2.26. The van der Waals surface area contributed by atoms with E-state index in [9.17, 15) is 9.18 Å². The summed E-state index contributed by atoms with van der Waals surface area (Å²) in [6.07, 6.45) is 0.954.